The summed E-state index contributed by atoms with van der Waals surface area (Å²) in [7, 11) is 3.25. The van der Waals surface area contributed by atoms with E-state index in [1.54, 1.807) is 14.2 Å². The normalized spacial score (nSPS) is 9.20. The SMILES string of the molecule is COC.OCC(O)CO.OCC(O)CO. The summed E-state index contributed by atoms with van der Waals surface area (Å²) >= 11 is 0. The second-order valence-electron chi connectivity index (χ2n) is 2.45. The van der Waals surface area contributed by atoms with Gasteiger partial charge in [-0.1, -0.05) is 0 Å². The Kier molecular flexibility index (Phi) is 26.0. The molecule has 0 aromatic carbocycles. The van der Waals surface area contributed by atoms with Crippen molar-refractivity contribution in [1.29, 1.82) is 0 Å². The zero-order chi connectivity index (χ0) is 12.7. The van der Waals surface area contributed by atoms with E-state index in [0.29, 0.717) is 0 Å². The lowest BCUT2D eigenvalue weighted by molar-refractivity contribution is 0.0450. The largest absolute Gasteiger partial charge is 0.394 e. The predicted molar refractivity (Wildman–Crippen MR) is 53.3 cm³/mol. The third-order valence-corrected chi connectivity index (χ3v) is 0.843. The molecule has 0 radical (unpaired) electrons. The van der Waals surface area contributed by atoms with Crippen LogP contribution in [0, 0.1) is 0 Å². The molecule has 0 spiro atoms. The van der Waals surface area contributed by atoms with Crippen LogP contribution >= 0.6 is 0 Å². The third-order valence-electron chi connectivity index (χ3n) is 0.843. The second kappa shape index (κ2) is 19.3. The Morgan fingerprint density at radius 1 is 0.733 bits per heavy atom. The van der Waals surface area contributed by atoms with Crippen LogP contribution in [0.5, 0.6) is 0 Å². The Bertz CT molecular complexity index is 73.1. The van der Waals surface area contributed by atoms with E-state index >= 15 is 0 Å². The molecule has 96 valence electrons. The molecule has 0 rings (SSSR count). The van der Waals surface area contributed by atoms with E-state index in [4.69, 9.17) is 30.6 Å². The van der Waals surface area contributed by atoms with Gasteiger partial charge in [0.2, 0.25) is 0 Å². The van der Waals surface area contributed by atoms with Gasteiger partial charge in [0.25, 0.3) is 0 Å². The number of hydrogen-bond donors (Lipinski definition) is 6. The van der Waals surface area contributed by atoms with E-state index in [1.165, 1.54) is 0 Å². The van der Waals surface area contributed by atoms with Crippen molar-refractivity contribution in [2.24, 2.45) is 0 Å². The van der Waals surface area contributed by atoms with Gasteiger partial charge in [-0.25, -0.2) is 0 Å². The molecule has 0 aromatic rings. The highest BCUT2D eigenvalue weighted by molar-refractivity contribution is 4.44. The zero-order valence-corrected chi connectivity index (χ0v) is 9.07. The first-order valence-corrected chi connectivity index (χ1v) is 4.23. The highest BCUT2D eigenvalue weighted by atomic mass is 16.4. The Morgan fingerprint density at radius 3 is 0.867 bits per heavy atom. The Hall–Kier alpha value is -0.280. The standard InChI is InChI=1S/2C3H8O3.C2H6O/c2*4-1-3(6)2-5;1-3-2/h2*3-6H,1-2H2;1-2H3. The molecular weight excluding hydrogens is 208 g/mol. The smallest absolute Gasteiger partial charge is 0.100 e. The first-order valence-electron chi connectivity index (χ1n) is 4.23. The highest BCUT2D eigenvalue weighted by Gasteiger charge is 1.94. The highest BCUT2D eigenvalue weighted by Crippen LogP contribution is 1.72. The summed E-state index contributed by atoms with van der Waals surface area (Å²) in [6, 6.07) is 0. The Labute approximate surface area is 89.2 Å². The molecule has 6 N–H and O–H groups in total. The molecular formula is C8H22O7. The average molecular weight is 230 g/mol. The molecule has 0 atom stereocenters. The summed E-state index contributed by atoms with van der Waals surface area (Å²) in [6.45, 7) is -1.46. The van der Waals surface area contributed by atoms with Crippen molar-refractivity contribution >= 4 is 0 Å². The lowest BCUT2D eigenvalue weighted by atomic mass is 10.4. The topological polar surface area (TPSA) is 131 Å². The lowest BCUT2D eigenvalue weighted by Crippen LogP contribution is -2.15. The van der Waals surface area contributed by atoms with Crippen LogP contribution in [0.4, 0.5) is 0 Å². The van der Waals surface area contributed by atoms with Gasteiger partial charge in [-0.15, -0.1) is 0 Å². The number of rotatable bonds is 4. The predicted octanol–water partition coefficient (Wildman–Crippen LogP) is -3.07. The molecule has 0 aromatic heterocycles. The van der Waals surface area contributed by atoms with E-state index in [0.717, 1.165) is 0 Å². The summed E-state index contributed by atoms with van der Waals surface area (Å²) in [5.41, 5.74) is 0. The van der Waals surface area contributed by atoms with E-state index in [2.05, 4.69) is 4.74 Å². The van der Waals surface area contributed by atoms with Gasteiger partial charge in [-0.3, -0.25) is 0 Å². The zero-order valence-electron chi connectivity index (χ0n) is 9.07. The molecule has 7 heteroatoms. The van der Waals surface area contributed by atoms with Crippen LogP contribution in [0.15, 0.2) is 0 Å². The van der Waals surface area contributed by atoms with Gasteiger partial charge in [0.15, 0.2) is 0 Å². The van der Waals surface area contributed by atoms with Gasteiger partial charge in [0.1, 0.15) is 12.2 Å². The minimum Gasteiger partial charge on any atom is -0.394 e. The van der Waals surface area contributed by atoms with Crippen molar-refractivity contribution in [2.45, 2.75) is 12.2 Å². The quantitative estimate of drug-likeness (QED) is 0.302. The molecule has 15 heavy (non-hydrogen) atoms. The number of ether oxygens (including phenoxy) is 1. The number of hydrogen-bond acceptors (Lipinski definition) is 7. The van der Waals surface area contributed by atoms with E-state index in [1.807, 2.05) is 0 Å². The van der Waals surface area contributed by atoms with Crippen molar-refractivity contribution in [3.63, 3.8) is 0 Å². The van der Waals surface area contributed by atoms with Gasteiger partial charge in [-0.2, -0.15) is 0 Å². The van der Waals surface area contributed by atoms with Gasteiger partial charge in [0.05, 0.1) is 26.4 Å². The molecule has 0 saturated carbocycles. The summed E-state index contributed by atoms with van der Waals surface area (Å²) in [6.07, 6.45) is -1.91. The van der Waals surface area contributed by atoms with Crippen LogP contribution in [0.2, 0.25) is 0 Å². The van der Waals surface area contributed by atoms with Crippen LogP contribution in [0.25, 0.3) is 0 Å². The summed E-state index contributed by atoms with van der Waals surface area (Å²) < 4.78 is 4.25. The molecule has 0 aliphatic heterocycles. The molecule has 0 heterocycles. The molecule has 0 fully saturated rings. The van der Waals surface area contributed by atoms with Crippen molar-refractivity contribution in [1.82, 2.24) is 0 Å². The Morgan fingerprint density at radius 2 is 0.867 bits per heavy atom. The Balaban J connectivity index is -0.000000153. The van der Waals surface area contributed by atoms with E-state index in [-0.39, 0.29) is 26.4 Å². The number of aliphatic hydroxyl groups excluding tert-OH is 6. The fourth-order valence-electron chi connectivity index (χ4n) is 0.115. The fourth-order valence-corrected chi connectivity index (χ4v) is 0.115. The maximum absolute atomic E-state index is 8.17. The van der Waals surface area contributed by atoms with Crippen molar-refractivity contribution in [3.05, 3.63) is 0 Å². The summed E-state index contributed by atoms with van der Waals surface area (Å²) in [4.78, 5) is 0. The van der Waals surface area contributed by atoms with Crippen LogP contribution in [-0.4, -0.2) is 83.5 Å². The van der Waals surface area contributed by atoms with Crippen molar-refractivity contribution in [3.8, 4) is 0 Å². The molecule has 0 aliphatic carbocycles. The van der Waals surface area contributed by atoms with Gasteiger partial charge >= 0.3 is 0 Å². The van der Waals surface area contributed by atoms with Crippen LogP contribution in [0.3, 0.4) is 0 Å². The van der Waals surface area contributed by atoms with Gasteiger partial charge in [-0.05, 0) is 0 Å². The number of methoxy groups -OCH3 is 1. The van der Waals surface area contributed by atoms with Crippen molar-refractivity contribution in [2.75, 3.05) is 40.6 Å². The van der Waals surface area contributed by atoms with Crippen LogP contribution in [-0.2, 0) is 4.74 Å². The maximum atomic E-state index is 8.17. The minimum absolute atomic E-state index is 0.365. The summed E-state index contributed by atoms with van der Waals surface area (Å²) in [5, 5.41) is 48.0. The minimum atomic E-state index is -0.954. The lowest BCUT2D eigenvalue weighted by Gasteiger charge is -1.96. The van der Waals surface area contributed by atoms with E-state index < -0.39 is 12.2 Å². The van der Waals surface area contributed by atoms with Gasteiger partial charge in [0, 0.05) is 14.2 Å². The summed E-state index contributed by atoms with van der Waals surface area (Å²) in [5.74, 6) is 0. The van der Waals surface area contributed by atoms with Gasteiger partial charge < -0.3 is 35.4 Å². The second-order valence-corrected chi connectivity index (χ2v) is 2.45. The average Bonchev–Trinajstić information content (AvgIpc) is 2.28. The monoisotopic (exact) mass is 230 g/mol. The molecule has 0 unspecified atom stereocenters. The van der Waals surface area contributed by atoms with Crippen LogP contribution < -0.4 is 0 Å². The maximum Gasteiger partial charge on any atom is 0.100 e. The molecule has 0 amide bonds. The third kappa shape index (κ3) is 31.6. The molecule has 0 saturated heterocycles. The first-order chi connectivity index (χ1) is 7.03. The van der Waals surface area contributed by atoms with Crippen molar-refractivity contribution < 1.29 is 35.4 Å². The first kappa shape index (κ1) is 20.2. The van der Waals surface area contributed by atoms with E-state index in [9.17, 15) is 0 Å². The molecule has 7 nitrogen and oxygen atoms in total. The molecule has 0 aliphatic rings. The molecule has 0 bridgehead atoms. The van der Waals surface area contributed by atoms with Crippen LogP contribution in [0.1, 0.15) is 0 Å². The fraction of sp³-hybridized carbons (Fsp3) is 1.00. The number of aliphatic hydroxyl groups is 6.